The number of carbonyl (C=O) groups is 2. The highest BCUT2D eigenvalue weighted by molar-refractivity contribution is 7.90. The molecule has 0 bridgehead atoms. The second-order valence-electron chi connectivity index (χ2n) is 4.50. The van der Waals surface area contributed by atoms with Crippen LogP contribution in [0.2, 0.25) is 0 Å². The first-order chi connectivity index (χ1) is 9.66. The van der Waals surface area contributed by atoms with Crippen molar-refractivity contribution in [2.45, 2.75) is 11.3 Å². The third kappa shape index (κ3) is 4.45. The highest BCUT2D eigenvalue weighted by Crippen LogP contribution is 2.23. The summed E-state index contributed by atoms with van der Waals surface area (Å²) in [4.78, 5) is 24.0. The van der Waals surface area contributed by atoms with E-state index in [1.807, 2.05) is 0 Å². The third-order valence-electron chi connectivity index (χ3n) is 2.84. The molecule has 0 aliphatic carbocycles. The predicted octanol–water partition coefficient (Wildman–Crippen LogP) is 0.645. The minimum Gasteiger partial charge on any atom is -0.496 e. The van der Waals surface area contributed by atoms with Gasteiger partial charge in [0.1, 0.15) is 5.75 Å². The van der Waals surface area contributed by atoms with Crippen molar-refractivity contribution < 1.29 is 27.9 Å². The molecule has 0 fully saturated rings. The number of ether oxygens (including phenoxy) is 1. The number of rotatable bonds is 6. The smallest absolute Gasteiger partial charge is 0.305 e. The van der Waals surface area contributed by atoms with Crippen molar-refractivity contribution in [2.75, 3.05) is 27.0 Å². The predicted molar refractivity (Wildman–Crippen MR) is 75.3 cm³/mol. The largest absolute Gasteiger partial charge is 0.496 e. The lowest BCUT2D eigenvalue weighted by Gasteiger charge is -2.18. The first-order valence-electron chi connectivity index (χ1n) is 6.02. The molecule has 1 aromatic carbocycles. The molecule has 1 amide bonds. The van der Waals surface area contributed by atoms with Crippen LogP contribution in [0.1, 0.15) is 16.8 Å². The summed E-state index contributed by atoms with van der Waals surface area (Å²) in [5, 5.41) is 8.62. The Bertz CT molecular complexity index is 653. The second-order valence-corrected chi connectivity index (χ2v) is 6.52. The number of methoxy groups -OCH3 is 1. The molecule has 0 unspecified atom stereocenters. The molecule has 0 spiro atoms. The third-order valence-corrected chi connectivity index (χ3v) is 3.95. The van der Waals surface area contributed by atoms with Crippen LogP contribution in [0, 0.1) is 0 Å². The fourth-order valence-electron chi connectivity index (χ4n) is 1.66. The molecule has 0 atom stereocenters. The van der Waals surface area contributed by atoms with Gasteiger partial charge in [-0.25, -0.2) is 8.42 Å². The van der Waals surface area contributed by atoms with Gasteiger partial charge >= 0.3 is 5.97 Å². The summed E-state index contributed by atoms with van der Waals surface area (Å²) in [5.41, 5.74) is 0.0771. The Kier molecular flexibility index (Phi) is 5.31. The van der Waals surface area contributed by atoms with Crippen LogP contribution in [0.15, 0.2) is 23.1 Å². The van der Waals surface area contributed by atoms with Gasteiger partial charge in [-0.05, 0) is 18.2 Å². The van der Waals surface area contributed by atoms with E-state index in [1.54, 1.807) is 0 Å². The van der Waals surface area contributed by atoms with Crippen LogP contribution < -0.4 is 4.74 Å². The zero-order valence-electron chi connectivity index (χ0n) is 12.0. The Labute approximate surface area is 123 Å². The van der Waals surface area contributed by atoms with E-state index in [0.29, 0.717) is 0 Å². The van der Waals surface area contributed by atoms with Crippen molar-refractivity contribution in [3.05, 3.63) is 23.8 Å². The number of carboxylic acids is 1. The van der Waals surface area contributed by atoms with Gasteiger partial charge < -0.3 is 14.7 Å². The van der Waals surface area contributed by atoms with Gasteiger partial charge in [0.15, 0.2) is 9.84 Å². The van der Waals surface area contributed by atoms with Gasteiger partial charge in [0, 0.05) is 19.8 Å². The van der Waals surface area contributed by atoms with Gasteiger partial charge in [-0.3, -0.25) is 9.59 Å². The number of aliphatic carboxylic acids is 1. The molecule has 0 aliphatic heterocycles. The van der Waals surface area contributed by atoms with Crippen molar-refractivity contribution in [3.8, 4) is 5.75 Å². The minimum absolute atomic E-state index is 0.00159. The van der Waals surface area contributed by atoms with E-state index in [9.17, 15) is 18.0 Å². The number of nitrogens with zero attached hydrogens (tertiary/aromatic N) is 1. The number of benzene rings is 1. The van der Waals surface area contributed by atoms with Crippen LogP contribution in [-0.2, 0) is 14.6 Å². The number of carbonyl (C=O) groups excluding carboxylic acids is 1. The summed E-state index contributed by atoms with van der Waals surface area (Å²) in [6.07, 6.45) is 0.841. The maximum absolute atomic E-state index is 12.3. The van der Waals surface area contributed by atoms with Gasteiger partial charge in [-0.1, -0.05) is 0 Å². The highest BCUT2D eigenvalue weighted by Gasteiger charge is 2.20. The molecule has 8 heteroatoms. The summed E-state index contributed by atoms with van der Waals surface area (Å²) in [5.74, 6) is -1.29. The molecule has 1 aromatic rings. The normalized spacial score (nSPS) is 11.0. The van der Waals surface area contributed by atoms with Crippen LogP contribution in [0.25, 0.3) is 0 Å². The molecule has 0 aromatic heterocycles. The van der Waals surface area contributed by atoms with Crippen LogP contribution in [0.5, 0.6) is 5.75 Å². The second kappa shape index (κ2) is 6.57. The van der Waals surface area contributed by atoms with Crippen LogP contribution in [0.4, 0.5) is 0 Å². The fraction of sp³-hybridized carbons (Fsp3) is 0.385. The average molecular weight is 315 g/mol. The highest BCUT2D eigenvalue weighted by atomic mass is 32.2. The van der Waals surface area contributed by atoms with Crippen molar-refractivity contribution in [2.24, 2.45) is 0 Å². The zero-order chi connectivity index (χ0) is 16.2. The first kappa shape index (κ1) is 17.0. The van der Waals surface area contributed by atoms with Gasteiger partial charge in [-0.15, -0.1) is 0 Å². The van der Waals surface area contributed by atoms with E-state index in [2.05, 4.69) is 0 Å². The molecular weight excluding hydrogens is 298 g/mol. The fourth-order valence-corrected chi connectivity index (χ4v) is 2.30. The number of amides is 1. The molecular formula is C13H17NO6S. The van der Waals surface area contributed by atoms with Gasteiger partial charge in [0.2, 0.25) is 0 Å². The van der Waals surface area contributed by atoms with E-state index in [0.717, 1.165) is 6.26 Å². The van der Waals surface area contributed by atoms with Crippen molar-refractivity contribution in [3.63, 3.8) is 0 Å². The maximum Gasteiger partial charge on any atom is 0.305 e. The Balaban J connectivity index is 3.14. The van der Waals surface area contributed by atoms with Crippen LogP contribution in [0.3, 0.4) is 0 Å². The topological polar surface area (TPSA) is 101 Å². The Morgan fingerprint density at radius 2 is 1.95 bits per heavy atom. The lowest BCUT2D eigenvalue weighted by atomic mass is 10.1. The zero-order valence-corrected chi connectivity index (χ0v) is 12.8. The number of carboxylic acid groups (broad SMARTS) is 1. The molecule has 0 saturated carbocycles. The number of hydrogen-bond acceptors (Lipinski definition) is 5. The molecule has 0 saturated heterocycles. The summed E-state index contributed by atoms with van der Waals surface area (Å²) < 4.78 is 28.1. The lowest BCUT2D eigenvalue weighted by molar-refractivity contribution is -0.137. The maximum atomic E-state index is 12.3. The van der Waals surface area contributed by atoms with Crippen molar-refractivity contribution in [1.29, 1.82) is 0 Å². The number of hydrogen-bond donors (Lipinski definition) is 1. The Morgan fingerprint density at radius 1 is 1.33 bits per heavy atom. The molecule has 7 nitrogen and oxygen atoms in total. The van der Waals surface area contributed by atoms with Gasteiger partial charge in [-0.2, -0.15) is 0 Å². The standard InChI is InChI=1S/C13H17NO6S/c1-14(7-6-12(15)16)13(17)10-8-9(21(3,18)19)4-5-11(10)20-2/h4-5,8H,6-7H2,1-3H3,(H,15,16). The minimum atomic E-state index is -3.46. The van der Waals surface area contributed by atoms with E-state index in [-0.39, 0.29) is 29.2 Å². The Hall–Kier alpha value is -2.09. The summed E-state index contributed by atoms with van der Waals surface area (Å²) in [6.45, 7) is 0.0143. The summed E-state index contributed by atoms with van der Waals surface area (Å²) in [7, 11) is -0.649. The average Bonchev–Trinajstić information content (AvgIpc) is 2.42. The van der Waals surface area contributed by atoms with Gasteiger partial charge in [0.25, 0.3) is 5.91 Å². The molecule has 0 radical (unpaired) electrons. The molecule has 116 valence electrons. The SMILES string of the molecule is COc1ccc(S(C)(=O)=O)cc1C(=O)N(C)CCC(=O)O. The monoisotopic (exact) mass is 315 g/mol. The van der Waals surface area contributed by atoms with Crippen LogP contribution in [-0.4, -0.2) is 57.3 Å². The quantitative estimate of drug-likeness (QED) is 0.827. The van der Waals surface area contributed by atoms with E-state index >= 15 is 0 Å². The van der Waals surface area contributed by atoms with Crippen molar-refractivity contribution >= 4 is 21.7 Å². The van der Waals surface area contributed by atoms with E-state index in [4.69, 9.17) is 9.84 Å². The first-order valence-corrected chi connectivity index (χ1v) is 7.91. The van der Waals surface area contributed by atoms with Gasteiger partial charge in [0.05, 0.1) is 24.0 Å². The van der Waals surface area contributed by atoms with Crippen LogP contribution >= 0.6 is 0 Å². The molecule has 0 heterocycles. The molecule has 1 rings (SSSR count). The molecule has 1 N–H and O–H groups in total. The summed E-state index contributed by atoms with van der Waals surface area (Å²) in [6, 6.07) is 3.98. The number of sulfone groups is 1. The summed E-state index contributed by atoms with van der Waals surface area (Å²) >= 11 is 0. The Morgan fingerprint density at radius 3 is 2.43 bits per heavy atom. The van der Waals surface area contributed by atoms with Crippen molar-refractivity contribution in [1.82, 2.24) is 4.90 Å². The lowest BCUT2D eigenvalue weighted by Crippen LogP contribution is -2.29. The van der Waals surface area contributed by atoms with E-state index < -0.39 is 21.7 Å². The molecule has 0 aliphatic rings. The van der Waals surface area contributed by atoms with E-state index in [1.165, 1.54) is 37.3 Å². The molecule has 21 heavy (non-hydrogen) atoms.